The molecule has 4 heteroatoms. The largest absolute Gasteiger partial charge is 0.481 e. The Morgan fingerprint density at radius 3 is 1.74 bits per heavy atom. The van der Waals surface area contributed by atoms with Crippen LogP contribution in [0.1, 0.15) is 103 Å². The predicted molar refractivity (Wildman–Crippen MR) is 126 cm³/mol. The number of ether oxygens (including phenoxy) is 1. The molecule has 0 aliphatic heterocycles. The second-order valence-corrected chi connectivity index (χ2v) is 9.37. The minimum atomic E-state index is -0.650. The van der Waals surface area contributed by atoms with E-state index in [2.05, 4.69) is 24.3 Å². The molecule has 2 aliphatic rings. The highest BCUT2D eigenvalue weighted by atomic mass is 16.5. The smallest absolute Gasteiger partial charge is 0.315 e. The molecule has 0 radical (unpaired) electrons. The molecule has 4 nitrogen and oxygen atoms in total. The topological polar surface area (TPSA) is 63.6 Å². The Kier molecular flexibility index (Phi) is 11.1. The zero-order valence-corrected chi connectivity index (χ0v) is 19.4. The van der Waals surface area contributed by atoms with Crippen molar-refractivity contribution in [3.8, 4) is 0 Å². The number of rotatable bonds is 16. The molecule has 2 aliphatic carbocycles. The highest BCUT2D eigenvalue weighted by molar-refractivity contribution is 5.79. The molecule has 0 amide bonds. The van der Waals surface area contributed by atoms with Crippen LogP contribution in [0.3, 0.4) is 0 Å². The Morgan fingerprint density at radius 1 is 0.806 bits per heavy atom. The van der Waals surface area contributed by atoms with E-state index < -0.39 is 11.4 Å². The van der Waals surface area contributed by atoms with Gasteiger partial charge < -0.3 is 9.84 Å². The molecule has 0 aromatic rings. The fourth-order valence-electron chi connectivity index (χ4n) is 4.99. The molecule has 0 heterocycles. The normalized spacial score (nSPS) is 24.9. The maximum Gasteiger partial charge on any atom is 0.315 e. The monoisotopic (exact) mass is 430 g/mol. The van der Waals surface area contributed by atoms with Gasteiger partial charge in [-0.05, 0) is 64.2 Å². The molecule has 2 rings (SSSR count). The van der Waals surface area contributed by atoms with Crippen molar-refractivity contribution in [2.75, 3.05) is 7.11 Å². The number of esters is 1. The van der Waals surface area contributed by atoms with E-state index in [-0.39, 0.29) is 11.4 Å². The first-order chi connectivity index (χ1) is 15.0. The van der Waals surface area contributed by atoms with Crippen molar-refractivity contribution in [3.05, 3.63) is 36.5 Å². The van der Waals surface area contributed by atoms with Gasteiger partial charge in [0.25, 0.3) is 0 Å². The molecule has 0 fully saturated rings. The van der Waals surface area contributed by atoms with E-state index in [4.69, 9.17) is 4.74 Å². The lowest BCUT2D eigenvalue weighted by Crippen LogP contribution is -2.28. The summed E-state index contributed by atoms with van der Waals surface area (Å²) < 4.78 is 5.01. The van der Waals surface area contributed by atoms with Crippen LogP contribution >= 0.6 is 0 Å². The summed E-state index contributed by atoms with van der Waals surface area (Å²) in [6, 6.07) is 0. The van der Waals surface area contributed by atoms with Gasteiger partial charge in [-0.1, -0.05) is 75.0 Å². The zero-order chi connectivity index (χ0) is 22.4. The predicted octanol–water partition coefficient (Wildman–Crippen LogP) is 7.15. The van der Waals surface area contributed by atoms with Crippen molar-refractivity contribution in [1.82, 2.24) is 0 Å². The van der Waals surface area contributed by atoms with Crippen molar-refractivity contribution >= 4 is 11.9 Å². The highest BCUT2D eigenvalue weighted by Crippen LogP contribution is 2.39. The maximum absolute atomic E-state index is 12.1. The second kappa shape index (κ2) is 13.5. The molecule has 0 spiro atoms. The Labute approximate surface area is 188 Å². The summed E-state index contributed by atoms with van der Waals surface area (Å²) in [5.74, 6) is -0.719. The average molecular weight is 431 g/mol. The molecule has 174 valence electrons. The SMILES string of the molecule is COC(=O)C1(CCCCCC/C=C/CCCCCCC2(C(=O)O)C=CCC2)C=CCC1. The number of carboxylic acid groups (broad SMARTS) is 1. The highest BCUT2D eigenvalue weighted by Gasteiger charge is 2.38. The summed E-state index contributed by atoms with van der Waals surface area (Å²) in [6.07, 6.45) is 29.4. The molecule has 2 atom stereocenters. The van der Waals surface area contributed by atoms with Gasteiger partial charge in [0, 0.05) is 0 Å². The molecule has 0 aromatic carbocycles. The Bertz CT molecular complexity index is 648. The fraction of sp³-hybridized carbons (Fsp3) is 0.704. The molecule has 0 saturated heterocycles. The molecule has 0 bridgehead atoms. The lowest BCUT2D eigenvalue weighted by atomic mass is 9.82. The Hall–Kier alpha value is -1.84. The fourth-order valence-corrected chi connectivity index (χ4v) is 4.99. The van der Waals surface area contributed by atoms with E-state index >= 15 is 0 Å². The first-order valence-electron chi connectivity index (χ1n) is 12.4. The minimum absolute atomic E-state index is 0.0686. The number of carbonyl (C=O) groups excluding carboxylic acids is 1. The minimum Gasteiger partial charge on any atom is -0.481 e. The van der Waals surface area contributed by atoms with Gasteiger partial charge >= 0.3 is 11.9 Å². The van der Waals surface area contributed by atoms with E-state index in [0.29, 0.717) is 0 Å². The van der Waals surface area contributed by atoms with Crippen LogP contribution in [0.2, 0.25) is 0 Å². The van der Waals surface area contributed by atoms with Crippen molar-refractivity contribution in [2.24, 2.45) is 10.8 Å². The number of aliphatic carboxylic acids is 1. The molecule has 2 unspecified atom stereocenters. The standard InChI is InChI=1S/C27H42O4/c1-31-25(30)27(22-16-17-23-27)21-13-11-9-7-5-3-2-4-6-8-10-12-18-26(24(28)29)19-14-15-20-26/h2-3,14,16,19,22H,4-13,15,17-18,20-21,23H2,1H3,(H,28,29)/b3-2+. The van der Waals surface area contributed by atoms with Gasteiger partial charge in [0.2, 0.25) is 0 Å². The van der Waals surface area contributed by atoms with Crippen LogP contribution in [0.15, 0.2) is 36.5 Å². The summed E-state index contributed by atoms with van der Waals surface area (Å²) >= 11 is 0. The molecular formula is C27H42O4. The number of allylic oxidation sites excluding steroid dienone is 4. The molecular weight excluding hydrogens is 388 g/mol. The van der Waals surface area contributed by atoms with E-state index in [1.165, 1.54) is 39.2 Å². The van der Waals surface area contributed by atoms with Crippen molar-refractivity contribution < 1.29 is 19.4 Å². The van der Waals surface area contributed by atoms with Gasteiger partial charge in [-0.2, -0.15) is 0 Å². The van der Waals surface area contributed by atoms with Crippen LogP contribution < -0.4 is 0 Å². The van der Waals surface area contributed by atoms with Gasteiger partial charge in [-0.25, -0.2) is 0 Å². The average Bonchev–Trinajstić information content (AvgIpc) is 3.44. The molecule has 0 aromatic heterocycles. The van der Waals surface area contributed by atoms with Gasteiger partial charge in [0.05, 0.1) is 17.9 Å². The number of carbonyl (C=O) groups is 2. The summed E-state index contributed by atoms with van der Waals surface area (Å²) in [6.45, 7) is 0. The van der Waals surface area contributed by atoms with Crippen LogP contribution in [0.5, 0.6) is 0 Å². The Morgan fingerprint density at radius 2 is 1.29 bits per heavy atom. The lowest BCUT2D eigenvalue weighted by Gasteiger charge is -2.24. The summed E-state index contributed by atoms with van der Waals surface area (Å²) in [5.41, 5.74) is -0.926. The summed E-state index contributed by atoms with van der Waals surface area (Å²) in [5, 5.41) is 9.47. The van der Waals surface area contributed by atoms with E-state index in [0.717, 1.165) is 70.6 Å². The van der Waals surface area contributed by atoms with E-state index in [1.54, 1.807) is 0 Å². The zero-order valence-electron chi connectivity index (χ0n) is 19.4. The third kappa shape index (κ3) is 7.97. The quantitative estimate of drug-likeness (QED) is 0.160. The molecule has 31 heavy (non-hydrogen) atoms. The third-order valence-corrected chi connectivity index (χ3v) is 7.06. The van der Waals surface area contributed by atoms with Gasteiger partial charge in [-0.3, -0.25) is 9.59 Å². The van der Waals surface area contributed by atoms with Gasteiger partial charge in [0.1, 0.15) is 0 Å². The molecule has 0 saturated carbocycles. The summed E-state index contributed by atoms with van der Waals surface area (Å²) in [4.78, 5) is 23.6. The number of hydrogen-bond donors (Lipinski definition) is 1. The van der Waals surface area contributed by atoms with Gasteiger partial charge in [-0.15, -0.1) is 0 Å². The van der Waals surface area contributed by atoms with Crippen LogP contribution in [-0.4, -0.2) is 24.2 Å². The van der Waals surface area contributed by atoms with Crippen molar-refractivity contribution in [1.29, 1.82) is 0 Å². The first kappa shape index (κ1) is 25.4. The first-order valence-corrected chi connectivity index (χ1v) is 12.4. The number of methoxy groups -OCH3 is 1. The van der Waals surface area contributed by atoms with E-state index in [9.17, 15) is 14.7 Å². The number of unbranched alkanes of at least 4 members (excludes halogenated alkanes) is 8. The van der Waals surface area contributed by atoms with Crippen LogP contribution in [-0.2, 0) is 14.3 Å². The number of carboxylic acids is 1. The van der Waals surface area contributed by atoms with Crippen molar-refractivity contribution in [2.45, 2.75) is 103 Å². The summed E-state index contributed by atoms with van der Waals surface area (Å²) in [7, 11) is 1.49. The number of hydrogen-bond acceptors (Lipinski definition) is 3. The maximum atomic E-state index is 12.1. The van der Waals surface area contributed by atoms with Crippen molar-refractivity contribution in [3.63, 3.8) is 0 Å². The second-order valence-electron chi connectivity index (χ2n) is 9.37. The third-order valence-electron chi connectivity index (χ3n) is 7.06. The molecule has 1 N–H and O–H groups in total. The van der Waals surface area contributed by atoms with Crippen LogP contribution in [0.25, 0.3) is 0 Å². The van der Waals surface area contributed by atoms with E-state index in [1.807, 2.05) is 12.2 Å². The van der Waals surface area contributed by atoms with Gasteiger partial charge in [0.15, 0.2) is 0 Å². The van der Waals surface area contributed by atoms with Crippen LogP contribution in [0, 0.1) is 10.8 Å². The van der Waals surface area contributed by atoms with Crippen LogP contribution in [0.4, 0.5) is 0 Å². The Balaban J connectivity index is 1.42. The lowest BCUT2D eigenvalue weighted by molar-refractivity contribution is -0.150.